The molecule has 2 aromatic rings. The van der Waals surface area contributed by atoms with Crippen LogP contribution in [0.2, 0.25) is 0 Å². The molecule has 0 unspecified atom stereocenters. The second-order valence-electron chi connectivity index (χ2n) is 6.68. The van der Waals surface area contributed by atoms with Crippen LogP contribution < -0.4 is 19.7 Å². The normalized spacial score (nSPS) is 14.2. The summed E-state index contributed by atoms with van der Waals surface area (Å²) in [5, 5.41) is 2.81. The zero-order chi connectivity index (χ0) is 19.9. The fourth-order valence-electron chi connectivity index (χ4n) is 3.29. The molecule has 5 nitrogen and oxygen atoms in total. The summed E-state index contributed by atoms with van der Waals surface area (Å²) in [7, 11) is 3.14. The number of methoxy groups -OCH3 is 2. The molecular formula is C22H25FN2O3. The van der Waals surface area contributed by atoms with Crippen LogP contribution in [0.1, 0.15) is 24.8 Å². The lowest BCUT2D eigenvalue weighted by atomic mass is 10.1. The molecule has 1 aliphatic heterocycles. The van der Waals surface area contributed by atoms with Gasteiger partial charge in [0.2, 0.25) is 5.91 Å². The Morgan fingerprint density at radius 2 is 1.71 bits per heavy atom. The molecule has 1 heterocycles. The van der Waals surface area contributed by atoms with Crippen molar-refractivity contribution in [2.24, 2.45) is 0 Å². The summed E-state index contributed by atoms with van der Waals surface area (Å²) < 4.78 is 24.2. The van der Waals surface area contributed by atoms with Crippen LogP contribution >= 0.6 is 0 Å². The van der Waals surface area contributed by atoms with Gasteiger partial charge in [0.15, 0.2) is 0 Å². The number of hydrogen-bond donors (Lipinski definition) is 1. The minimum Gasteiger partial charge on any atom is -0.497 e. The van der Waals surface area contributed by atoms with Crippen molar-refractivity contribution in [1.82, 2.24) is 0 Å². The molecule has 0 aromatic heterocycles. The van der Waals surface area contributed by atoms with Gasteiger partial charge in [0.25, 0.3) is 0 Å². The Kier molecular flexibility index (Phi) is 6.53. The number of nitrogens with zero attached hydrogens (tertiary/aromatic N) is 1. The second kappa shape index (κ2) is 9.26. The predicted molar refractivity (Wildman–Crippen MR) is 110 cm³/mol. The Bertz CT molecular complexity index is 839. The molecular weight excluding hydrogens is 359 g/mol. The van der Waals surface area contributed by atoms with Crippen molar-refractivity contribution in [3.63, 3.8) is 0 Å². The lowest BCUT2D eigenvalue weighted by Crippen LogP contribution is -2.30. The molecule has 6 heteroatoms. The van der Waals surface area contributed by atoms with Crippen molar-refractivity contribution in [3.05, 3.63) is 53.9 Å². The Labute approximate surface area is 164 Å². The summed E-state index contributed by atoms with van der Waals surface area (Å²) in [4.78, 5) is 14.6. The van der Waals surface area contributed by atoms with E-state index in [0.717, 1.165) is 37.2 Å². The highest BCUT2D eigenvalue weighted by Gasteiger charge is 2.16. The summed E-state index contributed by atoms with van der Waals surface area (Å²) >= 11 is 0. The van der Waals surface area contributed by atoms with Crippen molar-refractivity contribution in [2.45, 2.75) is 19.3 Å². The molecule has 1 fully saturated rings. The van der Waals surface area contributed by atoms with Crippen LogP contribution in [-0.2, 0) is 4.79 Å². The monoisotopic (exact) mass is 384 g/mol. The van der Waals surface area contributed by atoms with Gasteiger partial charge in [-0.05, 0) is 61.2 Å². The number of rotatable bonds is 6. The van der Waals surface area contributed by atoms with Crippen molar-refractivity contribution < 1.29 is 18.7 Å². The van der Waals surface area contributed by atoms with E-state index in [2.05, 4.69) is 10.2 Å². The smallest absolute Gasteiger partial charge is 0.248 e. The Morgan fingerprint density at radius 1 is 1.04 bits per heavy atom. The zero-order valence-corrected chi connectivity index (χ0v) is 16.2. The van der Waals surface area contributed by atoms with E-state index in [4.69, 9.17) is 9.47 Å². The third kappa shape index (κ3) is 5.03. The fraction of sp³-hybridized carbons (Fsp3) is 0.318. The number of carbonyl (C=O) groups is 1. The van der Waals surface area contributed by atoms with E-state index in [1.807, 2.05) is 0 Å². The molecule has 0 spiro atoms. The number of benzene rings is 2. The molecule has 2 aromatic carbocycles. The van der Waals surface area contributed by atoms with E-state index in [1.165, 1.54) is 24.6 Å². The molecule has 1 aliphatic rings. The summed E-state index contributed by atoms with van der Waals surface area (Å²) in [6.07, 6.45) is 6.48. The number of anilines is 2. The molecule has 0 radical (unpaired) electrons. The van der Waals surface area contributed by atoms with Gasteiger partial charge >= 0.3 is 0 Å². The Morgan fingerprint density at radius 3 is 2.36 bits per heavy atom. The number of ether oxygens (including phenoxy) is 2. The number of amides is 1. The van der Waals surface area contributed by atoms with Crippen LogP contribution in [0.15, 0.2) is 42.5 Å². The fourth-order valence-corrected chi connectivity index (χ4v) is 3.29. The van der Waals surface area contributed by atoms with Crippen LogP contribution in [0.25, 0.3) is 6.08 Å². The molecule has 28 heavy (non-hydrogen) atoms. The number of halogens is 1. The van der Waals surface area contributed by atoms with Crippen molar-refractivity contribution >= 4 is 23.4 Å². The highest BCUT2D eigenvalue weighted by Crippen LogP contribution is 2.29. The van der Waals surface area contributed by atoms with Crippen LogP contribution in [0.4, 0.5) is 15.8 Å². The topological polar surface area (TPSA) is 50.8 Å². The van der Waals surface area contributed by atoms with Crippen molar-refractivity contribution in [3.8, 4) is 11.5 Å². The van der Waals surface area contributed by atoms with E-state index in [1.54, 1.807) is 44.6 Å². The maximum absolute atomic E-state index is 13.8. The lowest BCUT2D eigenvalue weighted by molar-refractivity contribution is -0.111. The summed E-state index contributed by atoms with van der Waals surface area (Å²) in [5.41, 5.74) is 2.10. The lowest BCUT2D eigenvalue weighted by Gasteiger charge is -2.30. The van der Waals surface area contributed by atoms with E-state index in [0.29, 0.717) is 17.2 Å². The molecule has 148 valence electrons. The molecule has 0 atom stereocenters. The Hall–Kier alpha value is -3.02. The largest absolute Gasteiger partial charge is 0.497 e. The second-order valence-corrected chi connectivity index (χ2v) is 6.68. The van der Waals surface area contributed by atoms with Crippen LogP contribution in [0, 0.1) is 5.82 Å². The number of nitrogens with one attached hydrogen (secondary N) is 1. The van der Waals surface area contributed by atoms with Gasteiger partial charge in [0, 0.05) is 25.2 Å². The van der Waals surface area contributed by atoms with Crippen molar-refractivity contribution in [2.75, 3.05) is 37.5 Å². The summed E-state index contributed by atoms with van der Waals surface area (Å²) in [6.45, 7) is 1.82. The average molecular weight is 384 g/mol. The first-order valence-corrected chi connectivity index (χ1v) is 9.35. The number of piperidine rings is 1. The van der Waals surface area contributed by atoms with E-state index in [9.17, 15) is 9.18 Å². The van der Waals surface area contributed by atoms with Gasteiger partial charge in [-0.1, -0.05) is 0 Å². The van der Waals surface area contributed by atoms with E-state index < -0.39 is 0 Å². The Balaban J connectivity index is 1.76. The van der Waals surface area contributed by atoms with Crippen LogP contribution in [0.5, 0.6) is 11.5 Å². The summed E-state index contributed by atoms with van der Waals surface area (Å²) in [5.74, 6) is 0.567. The molecule has 0 bridgehead atoms. The quantitative estimate of drug-likeness (QED) is 0.746. The molecule has 0 aliphatic carbocycles. The average Bonchev–Trinajstić information content (AvgIpc) is 2.72. The van der Waals surface area contributed by atoms with E-state index >= 15 is 0 Å². The third-order valence-electron chi connectivity index (χ3n) is 4.71. The highest BCUT2D eigenvalue weighted by atomic mass is 19.1. The molecule has 1 N–H and O–H groups in total. The van der Waals surface area contributed by atoms with Gasteiger partial charge in [-0.15, -0.1) is 0 Å². The van der Waals surface area contributed by atoms with Crippen LogP contribution in [0.3, 0.4) is 0 Å². The van der Waals surface area contributed by atoms with Gasteiger partial charge in [-0.25, -0.2) is 4.39 Å². The minimum atomic E-state index is -0.377. The number of carbonyl (C=O) groups excluding carboxylic acids is 1. The maximum Gasteiger partial charge on any atom is 0.248 e. The predicted octanol–water partition coefficient (Wildman–Crippen LogP) is 4.49. The summed E-state index contributed by atoms with van der Waals surface area (Å²) in [6, 6.07) is 9.88. The van der Waals surface area contributed by atoms with Gasteiger partial charge < -0.3 is 19.7 Å². The molecule has 1 amide bonds. The van der Waals surface area contributed by atoms with Gasteiger partial charge in [-0.2, -0.15) is 0 Å². The minimum absolute atomic E-state index is 0.328. The molecule has 3 rings (SSSR count). The first-order chi connectivity index (χ1) is 13.6. The SMILES string of the molecule is COc1cc(/C=C/C(=O)Nc2cc(F)ccc2N2CCCCC2)cc(OC)c1. The molecule has 1 saturated heterocycles. The number of hydrogen-bond acceptors (Lipinski definition) is 4. The first-order valence-electron chi connectivity index (χ1n) is 9.35. The van der Waals surface area contributed by atoms with Gasteiger partial charge in [0.1, 0.15) is 17.3 Å². The maximum atomic E-state index is 13.8. The third-order valence-corrected chi connectivity index (χ3v) is 4.71. The first kappa shape index (κ1) is 19.7. The van der Waals surface area contributed by atoms with Gasteiger partial charge in [0.05, 0.1) is 25.6 Å². The standard InChI is InChI=1S/C22H25FN2O3/c1-27-18-12-16(13-19(15-18)28-2)6-9-22(26)24-20-14-17(23)7-8-21(20)25-10-4-3-5-11-25/h6-9,12-15H,3-5,10-11H2,1-2H3,(H,24,26)/b9-6+. The molecule has 0 saturated carbocycles. The van der Waals surface area contributed by atoms with E-state index in [-0.39, 0.29) is 11.7 Å². The van der Waals surface area contributed by atoms with Gasteiger partial charge in [-0.3, -0.25) is 4.79 Å². The zero-order valence-electron chi connectivity index (χ0n) is 16.2. The highest BCUT2D eigenvalue weighted by molar-refractivity contribution is 6.03. The van der Waals surface area contributed by atoms with Crippen LogP contribution in [-0.4, -0.2) is 33.2 Å². The van der Waals surface area contributed by atoms with Crippen molar-refractivity contribution in [1.29, 1.82) is 0 Å².